The highest BCUT2D eigenvalue weighted by Gasteiger charge is 2.30. The van der Waals surface area contributed by atoms with Gasteiger partial charge in [0.25, 0.3) is 0 Å². The molecule has 2 unspecified atom stereocenters. The van der Waals surface area contributed by atoms with Gasteiger partial charge in [-0.2, -0.15) is 0 Å². The van der Waals surface area contributed by atoms with Crippen molar-refractivity contribution in [2.45, 2.75) is 64.8 Å². The van der Waals surface area contributed by atoms with Gasteiger partial charge >= 0.3 is 5.97 Å². The molecule has 0 spiro atoms. The van der Waals surface area contributed by atoms with Gasteiger partial charge in [-0.15, -0.1) is 0 Å². The molecule has 1 fully saturated rings. The van der Waals surface area contributed by atoms with Crippen molar-refractivity contribution in [1.29, 1.82) is 0 Å². The highest BCUT2D eigenvalue weighted by Crippen LogP contribution is 2.20. The van der Waals surface area contributed by atoms with E-state index < -0.39 is 0 Å². The molecule has 1 aliphatic heterocycles. The lowest BCUT2D eigenvalue weighted by atomic mass is 9.96. The minimum Gasteiger partial charge on any atom is -0.468 e. The lowest BCUT2D eigenvalue weighted by Gasteiger charge is -2.35. The predicted molar refractivity (Wildman–Crippen MR) is 66.8 cm³/mol. The fourth-order valence-electron chi connectivity index (χ4n) is 2.45. The number of carbonyl (C=O) groups is 1. The summed E-state index contributed by atoms with van der Waals surface area (Å²) >= 11 is 0. The summed E-state index contributed by atoms with van der Waals surface area (Å²) in [6.45, 7) is 8.21. The van der Waals surface area contributed by atoms with Crippen LogP contribution in [-0.2, 0) is 14.3 Å². The predicted octanol–water partition coefficient (Wildman–Crippen LogP) is 1.73. The number of nitrogens with one attached hydrogen (secondary N) is 1. The molecule has 1 saturated heterocycles. The Morgan fingerprint density at radius 1 is 1.29 bits per heavy atom. The standard InChI is InChI=1S/C13H25NO3/c1-8(2)12(13(15)16-5)14-11-6-9(3)17-10(4)7-11/h8-12,14H,6-7H2,1-5H3/t9?,10?,11?,12-/m0/s1. The van der Waals surface area contributed by atoms with Crippen molar-refractivity contribution in [2.75, 3.05) is 7.11 Å². The van der Waals surface area contributed by atoms with Crippen molar-refractivity contribution in [3.63, 3.8) is 0 Å². The van der Waals surface area contributed by atoms with E-state index in [4.69, 9.17) is 9.47 Å². The van der Waals surface area contributed by atoms with Gasteiger partial charge in [-0.25, -0.2) is 0 Å². The van der Waals surface area contributed by atoms with Crippen LogP contribution < -0.4 is 5.32 Å². The second-order valence-electron chi connectivity index (χ2n) is 5.34. The quantitative estimate of drug-likeness (QED) is 0.764. The van der Waals surface area contributed by atoms with Crippen molar-refractivity contribution < 1.29 is 14.3 Å². The van der Waals surface area contributed by atoms with E-state index >= 15 is 0 Å². The van der Waals surface area contributed by atoms with E-state index in [1.54, 1.807) is 0 Å². The van der Waals surface area contributed by atoms with Crippen LogP contribution in [0.5, 0.6) is 0 Å². The first-order valence-electron chi connectivity index (χ1n) is 6.43. The summed E-state index contributed by atoms with van der Waals surface area (Å²) in [4.78, 5) is 11.7. The molecule has 0 aliphatic carbocycles. The highest BCUT2D eigenvalue weighted by molar-refractivity contribution is 5.75. The Kier molecular flexibility index (Phi) is 5.40. The van der Waals surface area contributed by atoms with Crippen LogP contribution in [0.4, 0.5) is 0 Å². The van der Waals surface area contributed by atoms with Crippen molar-refractivity contribution >= 4 is 5.97 Å². The van der Waals surface area contributed by atoms with Crippen molar-refractivity contribution in [3.8, 4) is 0 Å². The van der Waals surface area contributed by atoms with E-state index in [1.165, 1.54) is 7.11 Å². The Balaban J connectivity index is 2.57. The van der Waals surface area contributed by atoms with Gasteiger partial charge in [0.05, 0.1) is 19.3 Å². The Bertz CT molecular complexity index is 245. The van der Waals surface area contributed by atoms with Gasteiger partial charge in [-0.3, -0.25) is 4.79 Å². The van der Waals surface area contributed by atoms with Crippen LogP contribution in [0, 0.1) is 5.92 Å². The average Bonchev–Trinajstić information content (AvgIpc) is 2.23. The maximum atomic E-state index is 11.7. The fraction of sp³-hybridized carbons (Fsp3) is 0.923. The molecule has 4 nitrogen and oxygen atoms in total. The fourth-order valence-corrected chi connectivity index (χ4v) is 2.45. The van der Waals surface area contributed by atoms with E-state index in [0.717, 1.165) is 12.8 Å². The maximum Gasteiger partial charge on any atom is 0.323 e. The van der Waals surface area contributed by atoms with Gasteiger partial charge in [0.2, 0.25) is 0 Å². The number of rotatable bonds is 4. The number of hydrogen-bond donors (Lipinski definition) is 1. The summed E-state index contributed by atoms with van der Waals surface area (Å²) in [6, 6.07) is 0.114. The first kappa shape index (κ1) is 14.5. The first-order chi connectivity index (χ1) is 7.93. The molecule has 1 rings (SSSR count). The normalized spacial score (nSPS) is 31.3. The van der Waals surface area contributed by atoms with Crippen molar-refractivity contribution in [1.82, 2.24) is 5.32 Å². The molecule has 0 saturated carbocycles. The summed E-state index contributed by atoms with van der Waals surface area (Å²) in [6.07, 6.45) is 2.40. The summed E-state index contributed by atoms with van der Waals surface area (Å²) in [7, 11) is 1.44. The molecule has 17 heavy (non-hydrogen) atoms. The van der Waals surface area contributed by atoms with Crippen LogP contribution in [-0.4, -0.2) is 37.4 Å². The molecule has 0 aromatic heterocycles. The zero-order valence-electron chi connectivity index (χ0n) is 11.5. The SMILES string of the molecule is COC(=O)[C@@H](NC1CC(C)OC(C)C1)C(C)C. The zero-order chi connectivity index (χ0) is 13.0. The van der Waals surface area contributed by atoms with Crippen LogP contribution in [0.3, 0.4) is 0 Å². The van der Waals surface area contributed by atoms with Crippen LogP contribution in [0.1, 0.15) is 40.5 Å². The van der Waals surface area contributed by atoms with Crippen LogP contribution in [0.25, 0.3) is 0 Å². The zero-order valence-corrected chi connectivity index (χ0v) is 11.5. The largest absolute Gasteiger partial charge is 0.468 e. The van der Waals surface area contributed by atoms with Crippen LogP contribution in [0.15, 0.2) is 0 Å². The Labute approximate surface area is 104 Å². The minimum absolute atomic E-state index is 0.174. The van der Waals surface area contributed by atoms with Gasteiger partial charge in [-0.05, 0) is 32.6 Å². The lowest BCUT2D eigenvalue weighted by Crippen LogP contribution is -2.51. The van der Waals surface area contributed by atoms with E-state index in [-0.39, 0.29) is 30.1 Å². The second kappa shape index (κ2) is 6.36. The Morgan fingerprint density at radius 3 is 2.24 bits per heavy atom. The number of carbonyl (C=O) groups excluding carboxylic acids is 1. The summed E-state index contributed by atoms with van der Waals surface area (Å²) in [5, 5.41) is 3.41. The van der Waals surface area contributed by atoms with E-state index in [2.05, 4.69) is 19.2 Å². The highest BCUT2D eigenvalue weighted by atomic mass is 16.5. The molecule has 0 aromatic rings. The molecule has 0 aromatic carbocycles. The van der Waals surface area contributed by atoms with Crippen molar-refractivity contribution in [2.24, 2.45) is 5.92 Å². The monoisotopic (exact) mass is 243 g/mol. The Hall–Kier alpha value is -0.610. The molecular formula is C13H25NO3. The summed E-state index contributed by atoms with van der Waals surface area (Å²) in [5.41, 5.74) is 0. The third-order valence-electron chi connectivity index (χ3n) is 3.23. The van der Waals surface area contributed by atoms with Gasteiger partial charge in [-0.1, -0.05) is 13.8 Å². The number of ether oxygens (including phenoxy) is 2. The molecule has 1 aliphatic rings. The Morgan fingerprint density at radius 2 is 1.82 bits per heavy atom. The average molecular weight is 243 g/mol. The molecule has 0 amide bonds. The topological polar surface area (TPSA) is 47.6 Å². The van der Waals surface area contributed by atoms with E-state index in [9.17, 15) is 4.79 Å². The molecule has 3 atom stereocenters. The van der Waals surface area contributed by atoms with Crippen molar-refractivity contribution in [3.05, 3.63) is 0 Å². The van der Waals surface area contributed by atoms with Crippen LogP contribution >= 0.6 is 0 Å². The number of methoxy groups -OCH3 is 1. The number of hydrogen-bond acceptors (Lipinski definition) is 4. The van der Waals surface area contributed by atoms with Gasteiger partial charge < -0.3 is 14.8 Å². The minimum atomic E-state index is -0.220. The first-order valence-corrected chi connectivity index (χ1v) is 6.43. The molecule has 100 valence electrons. The van der Waals surface area contributed by atoms with Gasteiger partial charge in [0, 0.05) is 6.04 Å². The third kappa shape index (κ3) is 4.28. The summed E-state index contributed by atoms with van der Waals surface area (Å²) in [5.74, 6) is 0.0581. The van der Waals surface area contributed by atoms with Gasteiger partial charge in [0.1, 0.15) is 6.04 Å². The molecule has 0 bridgehead atoms. The third-order valence-corrected chi connectivity index (χ3v) is 3.23. The maximum absolute atomic E-state index is 11.7. The molecule has 1 heterocycles. The molecular weight excluding hydrogens is 218 g/mol. The van der Waals surface area contributed by atoms with Gasteiger partial charge in [0.15, 0.2) is 0 Å². The van der Waals surface area contributed by atoms with Crippen LogP contribution in [0.2, 0.25) is 0 Å². The molecule has 0 radical (unpaired) electrons. The smallest absolute Gasteiger partial charge is 0.323 e. The summed E-state index contributed by atoms with van der Waals surface area (Å²) < 4.78 is 10.5. The molecule has 1 N–H and O–H groups in total. The van der Waals surface area contributed by atoms with E-state index in [0.29, 0.717) is 6.04 Å². The second-order valence-corrected chi connectivity index (χ2v) is 5.34. The lowest BCUT2D eigenvalue weighted by molar-refractivity contribution is -0.145. The number of esters is 1. The van der Waals surface area contributed by atoms with E-state index in [1.807, 2.05) is 13.8 Å². The molecule has 4 heteroatoms.